The molecule has 96 valence electrons. The summed E-state index contributed by atoms with van der Waals surface area (Å²) in [4.78, 5) is 4.21. The Hall–Kier alpha value is -1.46. The van der Waals surface area contributed by atoms with E-state index in [4.69, 9.17) is 4.74 Å². The maximum atomic E-state index is 10.1. The number of thioether (sulfide) groups is 1. The molecule has 4 nitrogen and oxygen atoms in total. The first kappa shape index (κ1) is 13.0. The number of nitrogens with zero attached hydrogens (tertiary/aromatic N) is 2. The Bertz CT molecular complexity index is 513. The number of ether oxygens (including phenoxy) is 1. The molecule has 2 aromatic rings. The molecule has 0 saturated heterocycles. The first-order valence-electron chi connectivity index (χ1n) is 5.63. The van der Waals surface area contributed by atoms with E-state index in [0.29, 0.717) is 5.75 Å². The number of hydrogen-bond donors (Lipinski definition) is 1. The largest absolute Gasteiger partial charge is 0.497 e. The molecule has 0 radical (unpaired) electrons. The van der Waals surface area contributed by atoms with E-state index < -0.39 is 6.10 Å². The van der Waals surface area contributed by atoms with Crippen molar-refractivity contribution in [2.24, 2.45) is 7.05 Å². The van der Waals surface area contributed by atoms with Crippen LogP contribution in [0.5, 0.6) is 5.75 Å². The lowest BCUT2D eigenvalue weighted by Crippen LogP contribution is -2.02. The maximum Gasteiger partial charge on any atom is 0.167 e. The van der Waals surface area contributed by atoms with Crippen LogP contribution in [0.15, 0.2) is 41.8 Å². The molecule has 1 unspecified atom stereocenters. The van der Waals surface area contributed by atoms with E-state index in [2.05, 4.69) is 4.98 Å². The van der Waals surface area contributed by atoms with E-state index in [-0.39, 0.29) is 0 Å². The Morgan fingerprint density at radius 1 is 1.50 bits per heavy atom. The number of imidazole rings is 1. The number of aliphatic hydroxyl groups excluding tert-OH is 1. The van der Waals surface area contributed by atoms with Crippen LogP contribution < -0.4 is 4.74 Å². The van der Waals surface area contributed by atoms with Crippen molar-refractivity contribution in [1.82, 2.24) is 9.55 Å². The predicted octanol–water partition coefficient (Wildman–Crippen LogP) is 2.25. The molecule has 0 amide bonds. The molecule has 2 rings (SSSR count). The smallest absolute Gasteiger partial charge is 0.167 e. The van der Waals surface area contributed by atoms with Gasteiger partial charge in [0.25, 0.3) is 0 Å². The number of benzene rings is 1. The van der Waals surface area contributed by atoms with Gasteiger partial charge >= 0.3 is 0 Å². The van der Waals surface area contributed by atoms with Gasteiger partial charge in [-0.2, -0.15) is 0 Å². The zero-order chi connectivity index (χ0) is 13.0. The molecule has 0 saturated carbocycles. The first-order chi connectivity index (χ1) is 8.70. The monoisotopic (exact) mass is 264 g/mol. The molecule has 1 heterocycles. The predicted molar refractivity (Wildman–Crippen MR) is 71.9 cm³/mol. The summed E-state index contributed by atoms with van der Waals surface area (Å²) >= 11 is 1.53. The second-order valence-corrected chi connectivity index (χ2v) is 4.91. The van der Waals surface area contributed by atoms with Crippen molar-refractivity contribution in [3.8, 4) is 5.75 Å². The van der Waals surface area contributed by atoms with Crippen LogP contribution >= 0.6 is 11.8 Å². The van der Waals surface area contributed by atoms with Gasteiger partial charge in [0, 0.05) is 25.2 Å². The van der Waals surface area contributed by atoms with Crippen LogP contribution in [0.25, 0.3) is 0 Å². The third-order valence-electron chi connectivity index (χ3n) is 2.63. The number of aryl methyl sites for hydroxylation is 1. The van der Waals surface area contributed by atoms with E-state index in [0.717, 1.165) is 16.5 Å². The van der Waals surface area contributed by atoms with Gasteiger partial charge in [0.15, 0.2) is 5.16 Å². The topological polar surface area (TPSA) is 47.3 Å². The number of hydrogen-bond acceptors (Lipinski definition) is 4. The van der Waals surface area contributed by atoms with Crippen LogP contribution in [0, 0.1) is 0 Å². The van der Waals surface area contributed by atoms with Gasteiger partial charge in [0.1, 0.15) is 5.75 Å². The summed E-state index contributed by atoms with van der Waals surface area (Å²) in [6, 6.07) is 7.49. The standard InChI is InChI=1S/C13H16N2O2S/c1-15-7-6-14-13(15)18-9-12(16)10-4-3-5-11(8-10)17-2/h3-8,12,16H,9H2,1-2H3. The van der Waals surface area contributed by atoms with E-state index in [9.17, 15) is 5.11 Å². The molecule has 5 heteroatoms. The lowest BCUT2D eigenvalue weighted by Gasteiger charge is -2.11. The maximum absolute atomic E-state index is 10.1. The van der Waals surface area contributed by atoms with Crippen LogP contribution in [-0.4, -0.2) is 27.5 Å². The number of rotatable bonds is 5. The van der Waals surface area contributed by atoms with Gasteiger partial charge in [-0.05, 0) is 17.7 Å². The molecule has 1 atom stereocenters. The second-order valence-electron chi connectivity index (χ2n) is 3.92. The Kier molecular flexibility index (Phi) is 4.28. The molecule has 0 bridgehead atoms. The Morgan fingerprint density at radius 3 is 3.00 bits per heavy atom. The first-order valence-corrected chi connectivity index (χ1v) is 6.61. The molecule has 0 aliphatic rings. The highest BCUT2D eigenvalue weighted by Gasteiger charge is 2.10. The fourth-order valence-corrected chi connectivity index (χ4v) is 2.49. The lowest BCUT2D eigenvalue weighted by atomic mass is 10.1. The highest BCUT2D eigenvalue weighted by Crippen LogP contribution is 2.25. The van der Waals surface area contributed by atoms with E-state index >= 15 is 0 Å². The highest BCUT2D eigenvalue weighted by molar-refractivity contribution is 7.99. The molecular weight excluding hydrogens is 248 g/mol. The Balaban J connectivity index is 1.99. The normalized spacial score (nSPS) is 12.4. The van der Waals surface area contributed by atoms with Crippen LogP contribution in [-0.2, 0) is 7.05 Å². The summed E-state index contributed by atoms with van der Waals surface area (Å²) in [7, 11) is 3.56. The molecule has 0 spiro atoms. The highest BCUT2D eigenvalue weighted by atomic mass is 32.2. The van der Waals surface area contributed by atoms with Crippen LogP contribution in [0.4, 0.5) is 0 Å². The molecule has 1 aromatic heterocycles. The van der Waals surface area contributed by atoms with Crippen molar-refractivity contribution < 1.29 is 9.84 Å². The quantitative estimate of drug-likeness (QED) is 0.841. The molecule has 0 fully saturated rings. The lowest BCUT2D eigenvalue weighted by molar-refractivity contribution is 0.203. The van der Waals surface area contributed by atoms with Crippen molar-refractivity contribution in [2.45, 2.75) is 11.3 Å². The average molecular weight is 264 g/mol. The van der Waals surface area contributed by atoms with E-state index in [1.54, 1.807) is 13.3 Å². The van der Waals surface area contributed by atoms with Crippen molar-refractivity contribution >= 4 is 11.8 Å². The van der Waals surface area contributed by atoms with Crippen LogP contribution in [0.1, 0.15) is 11.7 Å². The fraction of sp³-hybridized carbons (Fsp3) is 0.308. The van der Waals surface area contributed by atoms with Gasteiger partial charge in [-0.15, -0.1) is 0 Å². The van der Waals surface area contributed by atoms with Crippen molar-refractivity contribution in [3.63, 3.8) is 0 Å². The Labute approximate surface area is 111 Å². The van der Waals surface area contributed by atoms with Crippen molar-refractivity contribution in [3.05, 3.63) is 42.2 Å². The van der Waals surface area contributed by atoms with Gasteiger partial charge in [0.05, 0.1) is 13.2 Å². The summed E-state index contributed by atoms with van der Waals surface area (Å²) in [5.41, 5.74) is 0.857. The summed E-state index contributed by atoms with van der Waals surface area (Å²) in [6.45, 7) is 0. The minimum atomic E-state index is -0.526. The third-order valence-corrected chi connectivity index (χ3v) is 3.76. The van der Waals surface area contributed by atoms with E-state index in [1.807, 2.05) is 42.1 Å². The molecule has 1 N–H and O–H groups in total. The third kappa shape index (κ3) is 3.05. The van der Waals surface area contributed by atoms with Crippen LogP contribution in [0.2, 0.25) is 0 Å². The minimum Gasteiger partial charge on any atom is -0.497 e. The SMILES string of the molecule is COc1cccc(C(O)CSc2nccn2C)c1. The zero-order valence-corrected chi connectivity index (χ0v) is 11.2. The van der Waals surface area contributed by atoms with Gasteiger partial charge in [0.2, 0.25) is 0 Å². The van der Waals surface area contributed by atoms with Gasteiger partial charge in [-0.25, -0.2) is 4.98 Å². The summed E-state index contributed by atoms with van der Waals surface area (Å²) in [6.07, 6.45) is 3.11. The van der Waals surface area contributed by atoms with Gasteiger partial charge in [-0.3, -0.25) is 0 Å². The summed E-state index contributed by atoms with van der Waals surface area (Å²) < 4.78 is 7.07. The summed E-state index contributed by atoms with van der Waals surface area (Å²) in [5.74, 6) is 1.33. The number of aromatic nitrogens is 2. The molecular formula is C13H16N2O2S. The van der Waals surface area contributed by atoms with Crippen molar-refractivity contribution in [1.29, 1.82) is 0 Å². The van der Waals surface area contributed by atoms with Gasteiger partial charge < -0.3 is 14.4 Å². The zero-order valence-electron chi connectivity index (χ0n) is 10.4. The average Bonchev–Trinajstić information content (AvgIpc) is 2.81. The number of aliphatic hydroxyl groups is 1. The molecule has 0 aliphatic heterocycles. The molecule has 0 aliphatic carbocycles. The second kappa shape index (κ2) is 5.93. The fourth-order valence-electron chi connectivity index (χ4n) is 1.59. The van der Waals surface area contributed by atoms with Gasteiger partial charge in [-0.1, -0.05) is 23.9 Å². The van der Waals surface area contributed by atoms with Crippen molar-refractivity contribution in [2.75, 3.05) is 12.9 Å². The molecule has 18 heavy (non-hydrogen) atoms. The van der Waals surface area contributed by atoms with E-state index in [1.165, 1.54) is 11.8 Å². The minimum absolute atomic E-state index is 0.526. The summed E-state index contributed by atoms with van der Waals surface area (Å²) in [5, 5.41) is 11.0. The molecule has 1 aromatic carbocycles. The Morgan fingerprint density at radius 2 is 2.33 bits per heavy atom. The van der Waals surface area contributed by atoms with Crippen LogP contribution in [0.3, 0.4) is 0 Å². The number of methoxy groups -OCH3 is 1.